The minimum absolute atomic E-state index is 0.0385. The van der Waals surface area contributed by atoms with Gasteiger partial charge < -0.3 is 20.3 Å². The van der Waals surface area contributed by atoms with Crippen molar-refractivity contribution >= 4 is 11.9 Å². The highest BCUT2D eigenvalue weighted by molar-refractivity contribution is 5.76. The largest absolute Gasteiger partial charge is 0.466 e. The van der Waals surface area contributed by atoms with E-state index in [4.69, 9.17) is 4.74 Å². The molecule has 354 valence electrons. The van der Waals surface area contributed by atoms with E-state index in [9.17, 15) is 19.8 Å². The molecule has 2 unspecified atom stereocenters. The first-order chi connectivity index (χ1) is 29.5. The molecule has 0 radical (unpaired) electrons. The second-order valence-electron chi connectivity index (χ2n) is 18.2. The molecule has 60 heavy (non-hydrogen) atoms. The van der Waals surface area contributed by atoms with Gasteiger partial charge in [0.2, 0.25) is 5.91 Å². The number of hydrogen-bond donors (Lipinski definition) is 3. The topological polar surface area (TPSA) is 95.9 Å². The lowest BCUT2D eigenvalue weighted by Crippen LogP contribution is -2.45. The molecule has 0 bridgehead atoms. The summed E-state index contributed by atoms with van der Waals surface area (Å²) in [6.45, 7) is 4.87. The summed E-state index contributed by atoms with van der Waals surface area (Å²) >= 11 is 0. The van der Waals surface area contributed by atoms with Crippen molar-refractivity contribution in [2.24, 2.45) is 0 Å². The Hall–Kier alpha value is -1.66. The SMILES string of the molecule is CCCCC/C=C\C/C=C\CCCCCCCC(=O)OCCCCCCCCCCCC(=O)NC(CO)C(O)CCCCCCCCCCCCCCCCCCCCC. The van der Waals surface area contributed by atoms with Crippen LogP contribution >= 0.6 is 0 Å². The number of esters is 1. The van der Waals surface area contributed by atoms with Gasteiger partial charge in [0.05, 0.1) is 25.4 Å². The summed E-state index contributed by atoms with van der Waals surface area (Å²) in [5, 5.41) is 23.3. The standard InChI is InChI=1S/C54H103NO5/c1-3-5-7-9-11-13-15-17-19-20-21-22-24-25-27-30-34-38-42-46-52(57)51(50-56)55-53(58)47-43-39-35-31-29-33-37-41-45-49-60-54(59)48-44-40-36-32-28-26-23-18-16-14-12-10-8-6-4-2/h12,14,18,23,51-52,56-57H,3-11,13,15-17,19-22,24-50H2,1-2H3,(H,55,58)/b14-12-,23-18-. The number of hydrogen-bond acceptors (Lipinski definition) is 5. The molecule has 0 rings (SSSR count). The number of ether oxygens (including phenoxy) is 1. The number of carbonyl (C=O) groups excluding carboxylic acids is 2. The van der Waals surface area contributed by atoms with Gasteiger partial charge in [-0.1, -0.05) is 237 Å². The minimum atomic E-state index is -0.683. The molecule has 1 amide bonds. The van der Waals surface area contributed by atoms with Crippen LogP contribution in [-0.4, -0.2) is 47.4 Å². The molecule has 0 aromatic rings. The highest BCUT2D eigenvalue weighted by atomic mass is 16.5. The Morgan fingerprint density at radius 2 is 0.833 bits per heavy atom. The zero-order chi connectivity index (χ0) is 43.7. The predicted octanol–water partition coefficient (Wildman–Crippen LogP) is 15.9. The van der Waals surface area contributed by atoms with E-state index in [2.05, 4.69) is 43.5 Å². The summed E-state index contributed by atoms with van der Waals surface area (Å²) in [5.74, 6) is -0.101. The molecule has 0 aromatic carbocycles. The monoisotopic (exact) mass is 846 g/mol. The average molecular weight is 846 g/mol. The third kappa shape index (κ3) is 45.9. The first-order valence-corrected chi connectivity index (χ1v) is 26.6. The van der Waals surface area contributed by atoms with Gasteiger partial charge in [0.1, 0.15) is 0 Å². The molecule has 3 N–H and O–H groups in total. The van der Waals surface area contributed by atoms with Gasteiger partial charge in [-0.2, -0.15) is 0 Å². The van der Waals surface area contributed by atoms with Crippen molar-refractivity contribution in [1.82, 2.24) is 5.32 Å². The van der Waals surface area contributed by atoms with E-state index in [1.54, 1.807) is 0 Å². The van der Waals surface area contributed by atoms with Crippen LogP contribution in [0.5, 0.6) is 0 Å². The zero-order valence-electron chi connectivity index (χ0n) is 40.2. The van der Waals surface area contributed by atoms with Gasteiger partial charge in [0.25, 0.3) is 0 Å². The van der Waals surface area contributed by atoms with E-state index >= 15 is 0 Å². The number of aliphatic hydroxyl groups is 2. The molecule has 0 aliphatic heterocycles. The second-order valence-corrected chi connectivity index (χ2v) is 18.2. The van der Waals surface area contributed by atoms with Crippen molar-refractivity contribution < 1.29 is 24.5 Å². The maximum absolute atomic E-state index is 12.5. The van der Waals surface area contributed by atoms with E-state index in [1.165, 1.54) is 180 Å². The predicted molar refractivity (Wildman–Crippen MR) is 260 cm³/mol. The van der Waals surface area contributed by atoms with Crippen LogP contribution < -0.4 is 5.32 Å². The third-order valence-electron chi connectivity index (χ3n) is 12.3. The summed E-state index contributed by atoms with van der Waals surface area (Å²) in [5.41, 5.74) is 0. The number of carbonyl (C=O) groups is 2. The van der Waals surface area contributed by atoms with Crippen molar-refractivity contribution in [3.05, 3.63) is 24.3 Å². The van der Waals surface area contributed by atoms with E-state index < -0.39 is 12.1 Å². The molecule has 0 aliphatic carbocycles. The highest BCUT2D eigenvalue weighted by Crippen LogP contribution is 2.17. The molecule has 6 nitrogen and oxygen atoms in total. The van der Waals surface area contributed by atoms with Gasteiger partial charge in [-0.3, -0.25) is 9.59 Å². The Balaban J connectivity index is 3.50. The van der Waals surface area contributed by atoms with Crippen molar-refractivity contribution in [3.8, 4) is 0 Å². The van der Waals surface area contributed by atoms with Gasteiger partial charge >= 0.3 is 5.97 Å². The van der Waals surface area contributed by atoms with Crippen molar-refractivity contribution in [2.45, 2.75) is 296 Å². The lowest BCUT2D eigenvalue weighted by atomic mass is 10.0. The molecule has 0 aromatic heterocycles. The molecule has 0 heterocycles. The van der Waals surface area contributed by atoms with Crippen LogP contribution in [0.25, 0.3) is 0 Å². The number of rotatable bonds is 49. The van der Waals surface area contributed by atoms with Crippen molar-refractivity contribution in [2.75, 3.05) is 13.2 Å². The van der Waals surface area contributed by atoms with Crippen LogP contribution in [0.15, 0.2) is 24.3 Å². The Morgan fingerprint density at radius 3 is 1.30 bits per heavy atom. The summed E-state index contributed by atoms with van der Waals surface area (Å²) in [7, 11) is 0. The van der Waals surface area contributed by atoms with Gasteiger partial charge in [-0.05, 0) is 57.8 Å². The summed E-state index contributed by atoms with van der Waals surface area (Å²) in [6, 6.07) is -0.563. The molecule has 2 atom stereocenters. The lowest BCUT2D eigenvalue weighted by molar-refractivity contribution is -0.143. The van der Waals surface area contributed by atoms with E-state index in [-0.39, 0.29) is 18.5 Å². The van der Waals surface area contributed by atoms with Gasteiger partial charge in [0.15, 0.2) is 0 Å². The van der Waals surface area contributed by atoms with E-state index in [1.807, 2.05) is 0 Å². The molecular weight excluding hydrogens is 743 g/mol. The Kier molecular flexibility index (Phi) is 48.6. The molecule has 6 heteroatoms. The maximum atomic E-state index is 12.5. The minimum Gasteiger partial charge on any atom is -0.466 e. The van der Waals surface area contributed by atoms with Crippen LogP contribution in [0.3, 0.4) is 0 Å². The number of aliphatic hydroxyl groups excluding tert-OH is 2. The van der Waals surface area contributed by atoms with E-state index in [0.29, 0.717) is 25.9 Å². The molecule has 0 saturated heterocycles. The summed E-state index contributed by atoms with van der Waals surface area (Å²) < 4.78 is 5.44. The Labute approximate surface area is 373 Å². The second kappa shape index (κ2) is 50.0. The Morgan fingerprint density at radius 1 is 0.467 bits per heavy atom. The smallest absolute Gasteiger partial charge is 0.305 e. The van der Waals surface area contributed by atoms with Crippen LogP contribution in [0.2, 0.25) is 0 Å². The lowest BCUT2D eigenvalue weighted by Gasteiger charge is -2.22. The normalized spacial score (nSPS) is 12.8. The number of amides is 1. The number of unbranched alkanes of at least 4 members (excludes halogenated alkanes) is 34. The van der Waals surface area contributed by atoms with E-state index in [0.717, 1.165) is 70.6 Å². The quantitative estimate of drug-likeness (QED) is 0.0322. The summed E-state index contributed by atoms with van der Waals surface area (Å²) in [4.78, 5) is 24.5. The van der Waals surface area contributed by atoms with Crippen LogP contribution in [0, 0.1) is 0 Å². The fourth-order valence-electron chi connectivity index (χ4n) is 8.14. The fourth-order valence-corrected chi connectivity index (χ4v) is 8.14. The Bertz CT molecular complexity index is 935. The molecular formula is C54H103NO5. The van der Waals surface area contributed by atoms with Gasteiger partial charge in [0, 0.05) is 12.8 Å². The van der Waals surface area contributed by atoms with Gasteiger partial charge in [-0.25, -0.2) is 0 Å². The number of nitrogens with one attached hydrogen (secondary N) is 1. The molecule has 0 aliphatic rings. The maximum Gasteiger partial charge on any atom is 0.305 e. The fraction of sp³-hybridized carbons (Fsp3) is 0.889. The summed E-state index contributed by atoms with van der Waals surface area (Å²) in [6.07, 6.45) is 58.6. The highest BCUT2D eigenvalue weighted by Gasteiger charge is 2.20. The van der Waals surface area contributed by atoms with Crippen molar-refractivity contribution in [1.29, 1.82) is 0 Å². The molecule has 0 fully saturated rings. The zero-order valence-corrected chi connectivity index (χ0v) is 40.2. The molecule has 0 spiro atoms. The van der Waals surface area contributed by atoms with Crippen LogP contribution in [0.1, 0.15) is 284 Å². The average Bonchev–Trinajstić information content (AvgIpc) is 3.25. The first kappa shape index (κ1) is 58.3. The third-order valence-corrected chi connectivity index (χ3v) is 12.3. The van der Waals surface area contributed by atoms with Gasteiger partial charge in [-0.15, -0.1) is 0 Å². The van der Waals surface area contributed by atoms with Crippen LogP contribution in [0.4, 0.5) is 0 Å². The number of allylic oxidation sites excluding steroid dienone is 4. The van der Waals surface area contributed by atoms with Crippen LogP contribution in [-0.2, 0) is 14.3 Å². The van der Waals surface area contributed by atoms with Crippen molar-refractivity contribution in [3.63, 3.8) is 0 Å². The molecule has 0 saturated carbocycles. The first-order valence-electron chi connectivity index (χ1n) is 26.6.